The van der Waals surface area contributed by atoms with Crippen LogP contribution in [0.2, 0.25) is 5.02 Å². The van der Waals surface area contributed by atoms with E-state index in [2.05, 4.69) is 26.8 Å². The Morgan fingerprint density at radius 3 is 2.67 bits per heavy atom. The minimum Gasteiger partial charge on any atom is -0.492 e. The molecule has 2 N–H and O–H groups in total. The molecule has 1 amide bonds. The second-order valence-corrected chi connectivity index (χ2v) is 9.44. The van der Waals surface area contributed by atoms with Gasteiger partial charge in [0.25, 0.3) is 0 Å². The number of pyridine rings is 1. The first-order chi connectivity index (χ1) is 17.5. The topological polar surface area (TPSA) is 70.2 Å². The second kappa shape index (κ2) is 10.6. The highest BCUT2D eigenvalue weighted by Gasteiger charge is 2.19. The zero-order valence-electron chi connectivity index (χ0n) is 20.3. The predicted molar refractivity (Wildman–Crippen MR) is 147 cm³/mol. The summed E-state index contributed by atoms with van der Waals surface area (Å²) in [6, 6.07) is 15.8. The number of likely N-dealkylation sites (tertiary alicyclic amines) is 1. The zero-order chi connectivity index (χ0) is 25.1. The van der Waals surface area contributed by atoms with E-state index < -0.39 is 0 Å². The minimum atomic E-state index is -0.255. The molecule has 1 saturated heterocycles. The number of benzene rings is 2. The number of ether oxygens (including phenoxy) is 1. The van der Waals surface area contributed by atoms with Gasteiger partial charge < -0.3 is 15.0 Å². The lowest BCUT2D eigenvalue weighted by atomic mass is 9.97. The summed E-state index contributed by atoms with van der Waals surface area (Å²) < 4.78 is 5.99. The standard InChI is InChI=1S/C29H29ClN4O2/c1-3-25(35)32-24-18-21(7-6-19(24)2)26-27-23(30)12-13-31-29(27)33-28(26)20-8-10-22(11-9-20)36-17-16-34-14-4-5-15-34/h3,6-13,18H,1,4-5,14-17H2,2H3,(H,31,33)(H,32,35). The molecule has 36 heavy (non-hydrogen) atoms. The number of nitrogens with zero attached hydrogens (tertiary/aromatic N) is 2. The molecule has 2 aromatic carbocycles. The molecule has 0 atom stereocenters. The Morgan fingerprint density at radius 1 is 1.17 bits per heavy atom. The number of aromatic amines is 1. The SMILES string of the molecule is C=CC(=O)Nc1cc(-c2c(-c3ccc(OCCN4CCCC4)cc3)[nH]c3nccc(Cl)c23)ccc1C. The van der Waals surface area contributed by atoms with Crippen LogP contribution in [0.3, 0.4) is 0 Å². The number of aromatic nitrogens is 2. The van der Waals surface area contributed by atoms with Crippen molar-refractivity contribution in [2.45, 2.75) is 19.8 Å². The van der Waals surface area contributed by atoms with Crippen molar-refractivity contribution in [3.05, 3.63) is 78.0 Å². The average molecular weight is 501 g/mol. The van der Waals surface area contributed by atoms with E-state index in [1.165, 1.54) is 32.0 Å². The summed E-state index contributed by atoms with van der Waals surface area (Å²) in [7, 11) is 0. The van der Waals surface area contributed by atoms with Crippen molar-refractivity contribution < 1.29 is 9.53 Å². The van der Waals surface area contributed by atoms with Gasteiger partial charge in [0.15, 0.2) is 0 Å². The van der Waals surface area contributed by atoms with Crippen LogP contribution in [0.4, 0.5) is 5.69 Å². The zero-order valence-corrected chi connectivity index (χ0v) is 21.1. The van der Waals surface area contributed by atoms with Gasteiger partial charge in [0.05, 0.1) is 10.7 Å². The number of hydrogen-bond donors (Lipinski definition) is 2. The third kappa shape index (κ3) is 5.01. The van der Waals surface area contributed by atoms with Crippen LogP contribution in [0.5, 0.6) is 5.75 Å². The number of halogens is 1. The molecule has 0 spiro atoms. The van der Waals surface area contributed by atoms with Crippen LogP contribution in [-0.2, 0) is 4.79 Å². The van der Waals surface area contributed by atoms with Gasteiger partial charge >= 0.3 is 0 Å². The molecule has 184 valence electrons. The molecule has 1 aliphatic heterocycles. The van der Waals surface area contributed by atoms with Crippen molar-refractivity contribution in [3.8, 4) is 28.1 Å². The summed E-state index contributed by atoms with van der Waals surface area (Å²) in [6.45, 7) is 9.48. The molecule has 1 aliphatic rings. The summed E-state index contributed by atoms with van der Waals surface area (Å²) in [6.07, 6.45) is 5.52. The maximum atomic E-state index is 12.0. The van der Waals surface area contributed by atoms with Crippen LogP contribution in [0, 0.1) is 6.92 Å². The van der Waals surface area contributed by atoms with Crippen LogP contribution in [0.25, 0.3) is 33.4 Å². The third-order valence-electron chi connectivity index (χ3n) is 6.63. The highest BCUT2D eigenvalue weighted by Crippen LogP contribution is 2.42. The first-order valence-corrected chi connectivity index (χ1v) is 12.6. The second-order valence-electron chi connectivity index (χ2n) is 9.04. The number of H-pyrrole nitrogens is 1. The average Bonchev–Trinajstić information content (AvgIpc) is 3.54. The van der Waals surface area contributed by atoms with Crippen LogP contribution >= 0.6 is 11.6 Å². The first kappa shape index (κ1) is 24.1. The summed E-state index contributed by atoms with van der Waals surface area (Å²) >= 11 is 6.66. The van der Waals surface area contributed by atoms with Crippen molar-refractivity contribution in [1.29, 1.82) is 0 Å². The number of anilines is 1. The van der Waals surface area contributed by atoms with Gasteiger partial charge in [0.1, 0.15) is 18.0 Å². The molecule has 0 unspecified atom stereocenters. The fourth-order valence-electron chi connectivity index (χ4n) is 4.69. The summed E-state index contributed by atoms with van der Waals surface area (Å²) in [5.41, 5.74) is 6.12. The number of carbonyl (C=O) groups is 1. The highest BCUT2D eigenvalue weighted by molar-refractivity contribution is 6.36. The molecule has 6 nitrogen and oxygen atoms in total. The van der Waals surface area contributed by atoms with Gasteiger partial charge in [-0.25, -0.2) is 4.98 Å². The number of fused-ring (bicyclic) bond motifs is 1. The minimum absolute atomic E-state index is 0.255. The molecule has 7 heteroatoms. The number of rotatable bonds is 8. The van der Waals surface area contributed by atoms with Gasteiger partial charge in [-0.3, -0.25) is 9.69 Å². The quantitative estimate of drug-likeness (QED) is 0.272. The molecule has 4 aromatic rings. The Kier molecular flexibility index (Phi) is 7.07. The lowest BCUT2D eigenvalue weighted by Gasteiger charge is -2.15. The molecule has 0 radical (unpaired) electrons. The molecular weight excluding hydrogens is 472 g/mol. The van der Waals surface area contributed by atoms with Crippen LogP contribution in [0.1, 0.15) is 18.4 Å². The van der Waals surface area contributed by atoms with Crippen molar-refractivity contribution in [2.24, 2.45) is 0 Å². The Balaban J connectivity index is 1.49. The van der Waals surface area contributed by atoms with E-state index >= 15 is 0 Å². The summed E-state index contributed by atoms with van der Waals surface area (Å²) in [4.78, 5) is 22.4. The number of nitrogens with one attached hydrogen (secondary N) is 2. The van der Waals surface area contributed by atoms with Gasteiger partial charge in [0.2, 0.25) is 5.91 Å². The van der Waals surface area contributed by atoms with E-state index in [1.54, 1.807) is 12.3 Å². The predicted octanol–water partition coefficient (Wildman–Crippen LogP) is 6.46. The monoisotopic (exact) mass is 500 g/mol. The Morgan fingerprint density at radius 2 is 1.92 bits per heavy atom. The van der Waals surface area contributed by atoms with E-state index in [4.69, 9.17) is 16.3 Å². The maximum Gasteiger partial charge on any atom is 0.247 e. The largest absolute Gasteiger partial charge is 0.492 e. The van der Waals surface area contributed by atoms with Gasteiger partial charge in [-0.15, -0.1) is 0 Å². The molecule has 0 bridgehead atoms. The normalized spacial score (nSPS) is 13.7. The van der Waals surface area contributed by atoms with Crippen molar-refractivity contribution >= 4 is 34.2 Å². The van der Waals surface area contributed by atoms with Crippen molar-refractivity contribution in [1.82, 2.24) is 14.9 Å². The van der Waals surface area contributed by atoms with E-state index in [1.807, 2.05) is 49.4 Å². The summed E-state index contributed by atoms with van der Waals surface area (Å²) in [5, 5.41) is 4.34. The Labute approximate surface area is 215 Å². The number of aryl methyl sites for hydroxylation is 1. The van der Waals surface area contributed by atoms with E-state index in [0.717, 1.165) is 51.3 Å². The van der Waals surface area contributed by atoms with Crippen LogP contribution < -0.4 is 10.1 Å². The van der Waals surface area contributed by atoms with Gasteiger partial charge in [-0.2, -0.15) is 0 Å². The fraction of sp³-hybridized carbons (Fsp3) is 0.241. The third-order valence-corrected chi connectivity index (χ3v) is 6.95. The fourth-order valence-corrected chi connectivity index (χ4v) is 4.93. The first-order valence-electron chi connectivity index (χ1n) is 12.2. The number of hydrogen-bond acceptors (Lipinski definition) is 4. The lowest BCUT2D eigenvalue weighted by molar-refractivity contribution is -0.111. The van der Waals surface area contributed by atoms with Gasteiger partial charge in [-0.05, 0) is 92.0 Å². The summed E-state index contributed by atoms with van der Waals surface area (Å²) in [5.74, 6) is 0.589. The molecule has 0 saturated carbocycles. The molecular formula is C29H29ClN4O2. The van der Waals surface area contributed by atoms with E-state index in [9.17, 15) is 4.79 Å². The Bertz CT molecular complexity index is 1410. The highest BCUT2D eigenvalue weighted by atomic mass is 35.5. The lowest BCUT2D eigenvalue weighted by Crippen LogP contribution is -2.25. The molecule has 3 heterocycles. The molecule has 5 rings (SSSR count). The van der Waals surface area contributed by atoms with Crippen molar-refractivity contribution in [3.63, 3.8) is 0 Å². The molecule has 0 aliphatic carbocycles. The molecule has 2 aromatic heterocycles. The Hall–Kier alpha value is -3.61. The van der Waals surface area contributed by atoms with Crippen LogP contribution in [0.15, 0.2) is 67.4 Å². The number of carbonyl (C=O) groups excluding carboxylic acids is 1. The smallest absolute Gasteiger partial charge is 0.247 e. The van der Waals surface area contributed by atoms with Gasteiger partial charge in [0, 0.05) is 29.4 Å². The van der Waals surface area contributed by atoms with Gasteiger partial charge in [-0.1, -0.05) is 30.3 Å². The van der Waals surface area contributed by atoms with Crippen LogP contribution in [-0.4, -0.2) is 47.0 Å². The number of amides is 1. The van der Waals surface area contributed by atoms with E-state index in [-0.39, 0.29) is 5.91 Å². The van der Waals surface area contributed by atoms with E-state index in [0.29, 0.717) is 17.3 Å². The molecule has 1 fully saturated rings. The maximum absolute atomic E-state index is 12.0. The van der Waals surface area contributed by atoms with Crippen molar-refractivity contribution in [2.75, 3.05) is 31.6 Å².